The van der Waals surface area contributed by atoms with E-state index in [2.05, 4.69) is 36.4 Å². The average Bonchev–Trinajstić information content (AvgIpc) is 2.61. The van der Waals surface area contributed by atoms with Gasteiger partial charge in [0.25, 0.3) is 0 Å². The minimum Gasteiger partial charge on any atom is -0.384 e. The Morgan fingerprint density at radius 1 is 0.926 bits per heavy atom. The summed E-state index contributed by atoms with van der Waals surface area (Å²) in [7, 11) is 0. The quantitative estimate of drug-likeness (QED) is 0.469. The molecule has 0 unspecified atom stereocenters. The van der Waals surface area contributed by atoms with Crippen LogP contribution in [0, 0.1) is 0 Å². The molecule has 0 amide bonds. The third-order valence-electron chi connectivity index (χ3n) is 4.30. The molecule has 5 heteroatoms. The Bertz CT molecular complexity index is 915. The summed E-state index contributed by atoms with van der Waals surface area (Å²) in [6, 6.07) is 13.7. The van der Waals surface area contributed by atoms with Crippen LogP contribution in [0.1, 0.15) is 27.2 Å². The van der Waals surface area contributed by atoms with Crippen LogP contribution in [0.15, 0.2) is 48.7 Å². The van der Waals surface area contributed by atoms with Crippen molar-refractivity contribution >= 4 is 39.8 Å². The number of anilines is 1. The van der Waals surface area contributed by atoms with Crippen molar-refractivity contribution < 1.29 is 0 Å². The zero-order chi connectivity index (χ0) is 19.4. The van der Waals surface area contributed by atoms with Crippen molar-refractivity contribution in [3.05, 3.63) is 58.7 Å². The van der Waals surface area contributed by atoms with Crippen LogP contribution >= 0.6 is 23.2 Å². The van der Waals surface area contributed by atoms with E-state index >= 15 is 0 Å². The average molecular weight is 402 g/mol. The Hall–Kier alpha value is -1.81. The second kappa shape index (κ2) is 8.47. The fraction of sp³-hybridized carbons (Fsp3) is 0.318. The zero-order valence-electron chi connectivity index (χ0n) is 15.9. The van der Waals surface area contributed by atoms with Gasteiger partial charge >= 0.3 is 0 Å². The molecule has 3 rings (SSSR count). The summed E-state index contributed by atoms with van der Waals surface area (Å²) in [6.07, 6.45) is 2.92. The van der Waals surface area contributed by atoms with Crippen LogP contribution in [0.25, 0.3) is 22.0 Å². The van der Waals surface area contributed by atoms with Crippen LogP contribution in [0.4, 0.5) is 5.69 Å². The van der Waals surface area contributed by atoms with Crippen molar-refractivity contribution in [2.75, 3.05) is 18.4 Å². The van der Waals surface area contributed by atoms with Gasteiger partial charge in [0.15, 0.2) is 0 Å². The first kappa shape index (κ1) is 19.9. The molecule has 2 aromatic carbocycles. The summed E-state index contributed by atoms with van der Waals surface area (Å²) in [4.78, 5) is 4.61. The predicted octanol–water partition coefficient (Wildman–Crippen LogP) is 6.40. The SMILES string of the molecule is CC(C)(C)NCCCNc1c(-c2ccc(Cl)cc2)cnc2cc(Cl)ccc12. The summed E-state index contributed by atoms with van der Waals surface area (Å²) < 4.78 is 0. The molecule has 27 heavy (non-hydrogen) atoms. The molecule has 0 bridgehead atoms. The highest BCUT2D eigenvalue weighted by atomic mass is 35.5. The monoisotopic (exact) mass is 401 g/mol. The van der Waals surface area contributed by atoms with Gasteiger partial charge in [-0.05, 0) is 69.6 Å². The number of benzene rings is 2. The Labute approximate surface area is 171 Å². The largest absolute Gasteiger partial charge is 0.384 e. The Kier molecular flexibility index (Phi) is 6.25. The van der Waals surface area contributed by atoms with Gasteiger partial charge in [0.05, 0.1) is 11.2 Å². The summed E-state index contributed by atoms with van der Waals surface area (Å²) in [5, 5.41) is 9.62. The van der Waals surface area contributed by atoms with E-state index in [0.717, 1.165) is 52.3 Å². The highest BCUT2D eigenvalue weighted by Gasteiger charge is 2.12. The first-order valence-corrected chi connectivity index (χ1v) is 9.92. The van der Waals surface area contributed by atoms with Crippen molar-refractivity contribution in [3.63, 3.8) is 0 Å². The maximum Gasteiger partial charge on any atom is 0.0738 e. The van der Waals surface area contributed by atoms with Crippen LogP contribution in [0.2, 0.25) is 10.0 Å². The molecule has 0 spiro atoms. The molecule has 3 nitrogen and oxygen atoms in total. The van der Waals surface area contributed by atoms with E-state index in [1.165, 1.54) is 0 Å². The van der Waals surface area contributed by atoms with E-state index in [0.29, 0.717) is 5.02 Å². The lowest BCUT2D eigenvalue weighted by Crippen LogP contribution is -2.36. The highest BCUT2D eigenvalue weighted by Crippen LogP contribution is 2.35. The number of hydrogen-bond acceptors (Lipinski definition) is 3. The van der Waals surface area contributed by atoms with Gasteiger partial charge in [0.2, 0.25) is 0 Å². The molecule has 0 radical (unpaired) electrons. The second-order valence-electron chi connectivity index (χ2n) is 7.67. The molecule has 1 heterocycles. The maximum absolute atomic E-state index is 6.15. The van der Waals surface area contributed by atoms with E-state index in [-0.39, 0.29) is 5.54 Å². The van der Waals surface area contributed by atoms with E-state index in [9.17, 15) is 0 Å². The third kappa shape index (κ3) is 5.35. The van der Waals surface area contributed by atoms with Crippen molar-refractivity contribution in [1.29, 1.82) is 0 Å². The molecule has 3 aromatic rings. The van der Waals surface area contributed by atoms with Crippen LogP contribution < -0.4 is 10.6 Å². The molecule has 142 valence electrons. The van der Waals surface area contributed by atoms with Crippen LogP contribution in [0.3, 0.4) is 0 Å². The van der Waals surface area contributed by atoms with Crippen molar-refractivity contribution in [2.45, 2.75) is 32.7 Å². The normalized spacial score (nSPS) is 11.7. The van der Waals surface area contributed by atoms with E-state index < -0.39 is 0 Å². The molecule has 0 aliphatic rings. The Morgan fingerprint density at radius 3 is 2.33 bits per heavy atom. The van der Waals surface area contributed by atoms with Crippen LogP contribution in [-0.2, 0) is 0 Å². The smallest absolute Gasteiger partial charge is 0.0738 e. The van der Waals surface area contributed by atoms with Gasteiger partial charge in [-0.1, -0.05) is 35.3 Å². The molecular weight excluding hydrogens is 377 g/mol. The molecule has 0 saturated heterocycles. The first-order chi connectivity index (χ1) is 12.8. The third-order valence-corrected chi connectivity index (χ3v) is 4.78. The Morgan fingerprint density at radius 2 is 1.63 bits per heavy atom. The zero-order valence-corrected chi connectivity index (χ0v) is 17.5. The van der Waals surface area contributed by atoms with Crippen LogP contribution in [0.5, 0.6) is 0 Å². The summed E-state index contributed by atoms with van der Waals surface area (Å²) in [6.45, 7) is 8.37. The number of hydrogen-bond donors (Lipinski definition) is 2. The first-order valence-electron chi connectivity index (χ1n) is 9.16. The molecule has 0 atom stereocenters. The minimum absolute atomic E-state index is 0.134. The second-order valence-corrected chi connectivity index (χ2v) is 8.55. The fourth-order valence-electron chi connectivity index (χ4n) is 2.97. The molecule has 2 N–H and O–H groups in total. The van der Waals surface area contributed by atoms with Gasteiger partial charge in [-0.15, -0.1) is 0 Å². The van der Waals surface area contributed by atoms with Gasteiger partial charge in [-0.3, -0.25) is 4.98 Å². The van der Waals surface area contributed by atoms with Crippen LogP contribution in [-0.4, -0.2) is 23.6 Å². The lowest BCUT2D eigenvalue weighted by molar-refractivity contribution is 0.425. The van der Waals surface area contributed by atoms with Crippen molar-refractivity contribution in [2.24, 2.45) is 0 Å². The van der Waals surface area contributed by atoms with E-state index in [1.807, 2.05) is 48.7 Å². The van der Waals surface area contributed by atoms with Gasteiger partial charge < -0.3 is 10.6 Å². The number of nitrogens with zero attached hydrogens (tertiary/aromatic N) is 1. The lowest BCUT2D eigenvalue weighted by atomic mass is 10.0. The van der Waals surface area contributed by atoms with Gasteiger partial charge in [0.1, 0.15) is 0 Å². The van der Waals surface area contributed by atoms with Gasteiger partial charge in [-0.2, -0.15) is 0 Å². The molecule has 1 aromatic heterocycles. The Balaban J connectivity index is 1.89. The standard InChI is InChI=1S/C22H25Cl2N3/c1-22(2,3)27-12-4-11-25-21-18-10-9-17(24)13-20(18)26-14-19(21)15-5-7-16(23)8-6-15/h5-10,13-14,27H,4,11-12H2,1-3H3,(H,25,26). The summed E-state index contributed by atoms with van der Waals surface area (Å²) in [5.74, 6) is 0. The molecule has 0 aliphatic heterocycles. The van der Waals surface area contributed by atoms with E-state index in [1.54, 1.807) is 0 Å². The van der Waals surface area contributed by atoms with Crippen molar-refractivity contribution in [3.8, 4) is 11.1 Å². The molecule has 0 fully saturated rings. The van der Waals surface area contributed by atoms with Gasteiger partial charge in [0, 0.05) is 39.3 Å². The highest BCUT2D eigenvalue weighted by molar-refractivity contribution is 6.31. The van der Waals surface area contributed by atoms with E-state index in [4.69, 9.17) is 23.2 Å². The number of rotatable bonds is 6. The van der Waals surface area contributed by atoms with Crippen molar-refractivity contribution in [1.82, 2.24) is 10.3 Å². The number of fused-ring (bicyclic) bond motifs is 1. The lowest BCUT2D eigenvalue weighted by Gasteiger charge is -2.21. The number of aromatic nitrogens is 1. The molecular formula is C22H25Cl2N3. The predicted molar refractivity (Wildman–Crippen MR) is 118 cm³/mol. The van der Waals surface area contributed by atoms with Gasteiger partial charge in [-0.25, -0.2) is 0 Å². The molecule has 0 aliphatic carbocycles. The number of halogens is 2. The molecule has 0 saturated carbocycles. The summed E-state index contributed by atoms with van der Waals surface area (Å²) in [5.41, 5.74) is 4.24. The summed E-state index contributed by atoms with van der Waals surface area (Å²) >= 11 is 12.2. The number of nitrogens with one attached hydrogen (secondary N) is 2. The topological polar surface area (TPSA) is 37.0 Å². The number of pyridine rings is 1. The minimum atomic E-state index is 0.134. The maximum atomic E-state index is 6.15. The fourth-order valence-corrected chi connectivity index (χ4v) is 3.26.